The van der Waals surface area contributed by atoms with Gasteiger partial charge in [-0.15, -0.1) is 6.42 Å². The topological polar surface area (TPSA) is 62.3 Å². The second kappa shape index (κ2) is 6.13. The van der Waals surface area contributed by atoms with Crippen LogP contribution in [0.5, 0.6) is 0 Å². The zero-order valence-electron chi connectivity index (χ0n) is 15.5. The van der Waals surface area contributed by atoms with Crippen LogP contribution >= 0.6 is 0 Å². The number of Topliss-reactive ketones (excluding diaryl/α,β-unsaturated/α-hetero) is 1. The maximum atomic E-state index is 12.7. The predicted molar refractivity (Wildman–Crippen MR) is 100 cm³/mol. The van der Waals surface area contributed by atoms with Crippen LogP contribution in [0, 0.1) is 64.8 Å². The molecular formula is C23H18N2O2. The van der Waals surface area contributed by atoms with E-state index in [-0.39, 0.29) is 34.7 Å². The zero-order valence-corrected chi connectivity index (χ0v) is 15.5. The Balaban J connectivity index is 2.25. The van der Waals surface area contributed by atoms with Crippen molar-refractivity contribution in [1.82, 2.24) is 0 Å². The number of nitriles is 1. The van der Waals surface area contributed by atoms with E-state index >= 15 is 0 Å². The standard InChI is InChI=1S/C23H18N2O2/c1-6-7-8-14-15-9-10-20-22(2,3)21(27)18(25-5)12-23(20,4)17(15)11-19(26)16(14)13-24/h1,11-12,15,20H,9-10H2,2-4H3. The summed E-state index contributed by atoms with van der Waals surface area (Å²) in [5, 5.41) is 9.44. The molecule has 0 bridgehead atoms. The molecule has 0 spiro atoms. The van der Waals surface area contributed by atoms with Crippen LogP contribution < -0.4 is 0 Å². The van der Waals surface area contributed by atoms with Crippen LogP contribution in [0.3, 0.4) is 0 Å². The predicted octanol–water partition coefficient (Wildman–Crippen LogP) is 3.40. The molecule has 0 aromatic carbocycles. The largest absolute Gasteiger partial charge is 0.307 e. The maximum Gasteiger partial charge on any atom is 0.226 e. The van der Waals surface area contributed by atoms with Crippen LogP contribution in [-0.2, 0) is 9.59 Å². The van der Waals surface area contributed by atoms with Gasteiger partial charge in [-0.05, 0) is 42.2 Å². The lowest BCUT2D eigenvalue weighted by molar-refractivity contribution is -0.129. The third kappa shape index (κ3) is 2.46. The molecule has 0 radical (unpaired) electrons. The molecule has 3 aliphatic carbocycles. The first-order chi connectivity index (χ1) is 12.7. The molecule has 4 nitrogen and oxygen atoms in total. The van der Waals surface area contributed by atoms with E-state index in [0.29, 0.717) is 12.0 Å². The van der Waals surface area contributed by atoms with Gasteiger partial charge in [0.05, 0.1) is 6.57 Å². The number of carbonyl (C=O) groups is 2. The Morgan fingerprint density at radius 3 is 2.59 bits per heavy atom. The van der Waals surface area contributed by atoms with Gasteiger partial charge >= 0.3 is 0 Å². The highest BCUT2D eigenvalue weighted by Gasteiger charge is 2.56. The lowest BCUT2D eigenvalue weighted by atomic mass is 9.48. The van der Waals surface area contributed by atoms with Crippen molar-refractivity contribution in [2.75, 3.05) is 0 Å². The summed E-state index contributed by atoms with van der Waals surface area (Å²) in [6.07, 6.45) is 9.88. The molecule has 0 N–H and O–H groups in total. The number of allylic oxidation sites excluding steroid dienone is 6. The van der Waals surface area contributed by atoms with E-state index in [9.17, 15) is 14.9 Å². The third-order valence-electron chi connectivity index (χ3n) is 6.24. The summed E-state index contributed by atoms with van der Waals surface area (Å²) in [6.45, 7) is 13.1. The highest BCUT2D eigenvalue weighted by atomic mass is 16.1. The van der Waals surface area contributed by atoms with Gasteiger partial charge in [0, 0.05) is 22.3 Å². The van der Waals surface area contributed by atoms with Gasteiger partial charge in [-0.1, -0.05) is 32.8 Å². The van der Waals surface area contributed by atoms with E-state index in [1.165, 1.54) is 6.08 Å². The van der Waals surface area contributed by atoms with E-state index in [1.54, 1.807) is 6.08 Å². The highest BCUT2D eigenvalue weighted by molar-refractivity contribution is 6.10. The number of terminal acetylenes is 1. The molecule has 0 heterocycles. The summed E-state index contributed by atoms with van der Waals surface area (Å²) in [5.41, 5.74) is 0.103. The Morgan fingerprint density at radius 2 is 2.00 bits per heavy atom. The van der Waals surface area contributed by atoms with Gasteiger partial charge in [-0.25, -0.2) is 4.85 Å². The molecule has 3 aliphatic rings. The van der Waals surface area contributed by atoms with Crippen LogP contribution in [-0.4, -0.2) is 11.6 Å². The minimum Gasteiger partial charge on any atom is -0.307 e. The minimum atomic E-state index is -0.706. The number of rotatable bonds is 0. The Kier molecular flexibility index (Phi) is 4.19. The minimum absolute atomic E-state index is 0.0362. The SMILES string of the molecule is [C-]#[N+]C1=CC2(C)C3=CC(=O)C(C#N)=C(C#CC#C)C3CCC2C(C)(C)C1=O. The Labute approximate surface area is 159 Å². The first-order valence-corrected chi connectivity index (χ1v) is 8.74. The van der Waals surface area contributed by atoms with E-state index in [1.807, 2.05) is 26.8 Å². The first kappa shape index (κ1) is 18.5. The average molecular weight is 354 g/mol. The molecule has 3 rings (SSSR count). The van der Waals surface area contributed by atoms with Crippen molar-refractivity contribution in [2.45, 2.75) is 33.6 Å². The van der Waals surface area contributed by atoms with E-state index in [0.717, 1.165) is 12.0 Å². The molecule has 0 aromatic heterocycles. The van der Waals surface area contributed by atoms with Crippen molar-refractivity contribution in [1.29, 1.82) is 5.26 Å². The molecule has 0 aromatic rings. The van der Waals surface area contributed by atoms with Crippen LogP contribution in [0.2, 0.25) is 0 Å². The molecule has 4 heteroatoms. The number of hydrogen-bond acceptors (Lipinski definition) is 3. The van der Waals surface area contributed by atoms with Crippen LogP contribution in [0.15, 0.2) is 34.6 Å². The highest BCUT2D eigenvalue weighted by Crippen LogP contribution is 2.60. The van der Waals surface area contributed by atoms with Gasteiger partial charge < -0.3 is 4.79 Å². The quantitative estimate of drug-likeness (QED) is 0.495. The van der Waals surface area contributed by atoms with Gasteiger partial charge in [0.25, 0.3) is 0 Å². The second-order valence-corrected chi connectivity index (χ2v) is 7.92. The average Bonchev–Trinajstić information content (AvgIpc) is 2.63. The number of hydrogen-bond donors (Lipinski definition) is 0. The lowest BCUT2D eigenvalue weighted by Gasteiger charge is -2.54. The number of ketones is 2. The molecule has 0 amide bonds. The number of nitrogens with zero attached hydrogens (tertiary/aromatic N) is 2. The summed E-state index contributed by atoms with van der Waals surface area (Å²) in [5.74, 6) is 6.82. The van der Waals surface area contributed by atoms with E-state index in [4.69, 9.17) is 13.0 Å². The molecule has 3 unspecified atom stereocenters. The van der Waals surface area contributed by atoms with E-state index in [2.05, 4.69) is 22.6 Å². The number of carbonyl (C=O) groups excluding carboxylic acids is 2. The van der Waals surface area contributed by atoms with Crippen molar-refractivity contribution in [3.8, 4) is 30.3 Å². The summed E-state index contributed by atoms with van der Waals surface area (Å²) >= 11 is 0. The van der Waals surface area contributed by atoms with Gasteiger partial charge in [-0.3, -0.25) is 4.79 Å². The molecule has 0 aliphatic heterocycles. The zero-order chi connectivity index (χ0) is 20.0. The fourth-order valence-electron chi connectivity index (χ4n) is 5.03. The fraction of sp³-hybridized carbons (Fsp3) is 0.391. The van der Waals surface area contributed by atoms with Crippen LogP contribution in [0.4, 0.5) is 0 Å². The third-order valence-corrected chi connectivity index (χ3v) is 6.24. The fourth-order valence-corrected chi connectivity index (χ4v) is 5.03. The van der Waals surface area contributed by atoms with Crippen molar-refractivity contribution in [3.05, 3.63) is 46.0 Å². The monoisotopic (exact) mass is 354 g/mol. The van der Waals surface area contributed by atoms with Crippen LogP contribution in [0.25, 0.3) is 4.85 Å². The summed E-state index contributed by atoms with van der Waals surface area (Å²) in [6, 6.07) is 1.97. The molecule has 3 atom stereocenters. The molecule has 1 fully saturated rings. The Hall–Kier alpha value is -3.34. The van der Waals surface area contributed by atoms with Crippen LogP contribution in [0.1, 0.15) is 33.6 Å². The van der Waals surface area contributed by atoms with Crippen molar-refractivity contribution in [2.24, 2.45) is 22.7 Å². The normalized spacial score (nSPS) is 31.0. The smallest absolute Gasteiger partial charge is 0.226 e. The molecule has 1 saturated carbocycles. The van der Waals surface area contributed by atoms with Gasteiger partial charge in [-0.2, -0.15) is 5.26 Å². The van der Waals surface area contributed by atoms with E-state index < -0.39 is 10.8 Å². The summed E-state index contributed by atoms with van der Waals surface area (Å²) in [4.78, 5) is 28.8. The Bertz CT molecular complexity index is 1050. The summed E-state index contributed by atoms with van der Waals surface area (Å²) < 4.78 is 0. The Morgan fingerprint density at radius 1 is 1.30 bits per heavy atom. The van der Waals surface area contributed by atoms with Crippen molar-refractivity contribution >= 4 is 11.6 Å². The summed E-state index contributed by atoms with van der Waals surface area (Å²) in [7, 11) is 0. The second-order valence-electron chi connectivity index (χ2n) is 7.92. The molecule has 0 saturated heterocycles. The first-order valence-electron chi connectivity index (χ1n) is 8.74. The van der Waals surface area contributed by atoms with Gasteiger partial charge in [0.15, 0.2) is 11.6 Å². The number of fused-ring (bicyclic) bond motifs is 3. The van der Waals surface area contributed by atoms with Gasteiger partial charge in [0.1, 0.15) is 11.6 Å². The van der Waals surface area contributed by atoms with Gasteiger partial charge in [0.2, 0.25) is 5.70 Å². The lowest BCUT2D eigenvalue weighted by Crippen LogP contribution is -2.51. The molecular weight excluding hydrogens is 336 g/mol. The molecule has 132 valence electrons. The van der Waals surface area contributed by atoms with Crippen molar-refractivity contribution in [3.63, 3.8) is 0 Å². The molecule has 27 heavy (non-hydrogen) atoms. The maximum absolute atomic E-state index is 12.7. The van der Waals surface area contributed by atoms with Crippen molar-refractivity contribution < 1.29 is 9.59 Å².